The van der Waals surface area contributed by atoms with Crippen molar-refractivity contribution in [3.8, 4) is 0 Å². The summed E-state index contributed by atoms with van der Waals surface area (Å²) >= 11 is 0. The Morgan fingerprint density at radius 1 is 1.27 bits per heavy atom. The number of nitrogen functional groups attached to an aromatic ring is 1. The van der Waals surface area contributed by atoms with Crippen molar-refractivity contribution < 1.29 is 0 Å². The highest BCUT2D eigenvalue weighted by Gasteiger charge is 2.03. The lowest BCUT2D eigenvalue weighted by Crippen LogP contribution is -2.07. The molecule has 0 unspecified atom stereocenters. The van der Waals surface area contributed by atoms with E-state index in [9.17, 15) is 0 Å². The monoisotopic (exact) mass is 203 g/mol. The summed E-state index contributed by atoms with van der Waals surface area (Å²) in [6, 6.07) is 1.83. The average Bonchev–Trinajstić information content (AvgIpc) is 2.49. The summed E-state index contributed by atoms with van der Waals surface area (Å²) in [6.07, 6.45) is 3.59. The van der Waals surface area contributed by atoms with Crippen molar-refractivity contribution in [1.82, 2.24) is 19.7 Å². The van der Waals surface area contributed by atoms with Gasteiger partial charge in [0.15, 0.2) is 0 Å². The molecule has 0 radical (unpaired) electrons. The minimum Gasteiger partial charge on any atom is -0.382 e. The van der Waals surface area contributed by atoms with Crippen LogP contribution < -0.4 is 5.73 Å². The van der Waals surface area contributed by atoms with Crippen molar-refractivity contribution >= 4 is 5.82 Å². The molecule has 0 aromatic carbocycles. The minimum absolute atomic E-state index is 0.527. The van der Waals surface area contributed by atoms with E-state index in [0.717, 1.165) is 17.1 Å². The molecule has 0 aliphatic heterocycles. The molecule has 0 bridgehead atoms. The highest BCUT2D eigenvalue weighted by atomic mass is 15.3. The molecule has 5 heteroatoms. The summed E-state index contributed by atoms with van der Waals surface area (Å²) < 4.78 is 1.79. The molecule has 0 spiro atoms. The number of nitrogens with two attached hydrogens (primary N) is 1. The largest absolute Gasteiger partial charge is 0.382 e. The fourth-order valence-corrected chi connectivity index (χ4v) is 1.33. The Labute approximate surface area is 88.0 Å². The third-order valence-corrected chi connectivity index (χ3v) is 2.13. The van der Waals surface area contributed by atoms with Crippen LogP contribution in [-0.4, -0.2) is 19.7 Å². The Bertz CT molecular complexity index is 457. The molecule has 78 valence electrons. The summed E-state index contributed by atoms with van der Waals surface area (Å²) in [4.78, 5) is 8.42. The van der Waals surface area contributed by atoms with Crippen molar-refractivity contribution in [3.05, 3.63) is 35.5 Å². The van der Waals surface area contributed by atoms with Crippen molar-refractivity contribution in [1.29, 1.82) is 0 Å². The van der Waals surface area contributed by atoms with Gasteiger partial charge in [0.1, 0.15) is 18.2 Å². The number of aromatic nitrogens is 4. The van der Waals surface area contributed by atoms with Crippen molar-refractivity contribution in [2.75, 3.05) is 5.73 Å². The number of rotatable bonds is 2. The first-order valence-corrected chi connectivity index (χ1v) is 4.72. The van der Waals surface area contributed by atoms with Gasteiger partial charge in [-0.05, 0) is 19.4 Å². The van der Waals surface area contributed by atoms with Crippen LogP contribution in [-0.2, 0) is 6.54 Å². The molecule has 2 N–H and O–H groups in total. The van der Waals surface area contributed by atoms with E-state index in [0.29, 0.717) is 12.4 Å². The third kappa shape index (κ3) is 2.12. The first kappa shape index (κ1) is 9.64. The molecule has 15 heavy (non-hydrogen) atoms. The normalized spacial score (nSPS) is 10.5. The molecule has 0 fully saturated rings. The van der Waals surface area contributed by atoms with Crippen LogP contribution in [0.1, 0.15) is 17.1 Å². The van der Waals surface area contributed by atoms with Gasteiger partial charge >= 0.3 is 0 Å². The lowest BCUT2D eigenvalue weighted by molar-refractivity contribution is 0.638. The maximum absolute atomic E-state index is 5.58. The van der Waals surface area contributed by atoms with E-state index in [1.807, 2.05) is 19.9 Å². The highest BCUT2D eigenvalue weighted by molar-refractivity contribution is 5.28. The quantitative estimate of drug-likeness (QED) is 0.788. The lowest BCUT2D eigenvalue weighted by Gasteiger charge is -2.02. The van der Waals surface area contributed by atoms with Crippen LogP contribution >= 0.6 is 0 Å². The number of anilines is 1. The minimum atomic E-state index is 0.527. The van der Waals surface area contributed by atoms with Gasteiger partial charge in [0.25, 0.3) is 0 Å². The number of hydrogen-bond donors (Lipinski definition) is 1. The maximum Gasteiger partial charge on any atom is 0.149 e. The van der Waals surface area contributed by atoms with E-state index in [1.54, 1.807) is 17.1 Å². The van der Waals surface area contributed by atoms with Gasteiger partial charge < -0.3 is 5.73 Å². The van der Waals surface area contributed by atoms with Gasteiger partial charge in [0, 0.05) is 24.2 Å². The van der Waals surface area contributed by atoms with Crippen LogP contribution in [0, 0.1) is 13.8 Å². The third-order valence-electron chi connectivity index (χ3n) is 2.13. The number of hydrogen-bond acceptors (Lipinski definition) is 4. The van der Waals surface area contributed by atoms with Crippen LogP contribution in [0.5, 0.6) is 0 Å². The zero-order chi connectivity index (χ0) is 10.8. The Morgan fingerprint density at radius 2 is 1.93 bits per heavy atom. The molecule has 0 saturated heterocycles. The molecule has 0 aliphatic rings. The first-order valence-electron chi connectivity index (χ1n) is 4.72. The van der Waals surface area contributed by atoms with E-state index >= 15 is 0 Å². The standard InChI is InChI=1S/C10H13N5/c1-7-4-12-10(13-5-7)6-15-8(2)3-9(11)14-15/h3-5H,6H2,1-2H3,(H2,11,14). The topological polar surface area (TPSA) is 69.6 Å². The van der Waals surface area contributed by atoms with Gasteiger partial charge in [-0.15, -0.1) is 0 Å². The molecule has 5 nitrogen and oxygen atoms in total. The fourth-order valence-electron chi connectivity index (χ4n) is 1.33. The van der Waals surface area contributed by atoms with E-state index in [1.165, 1.54) is 0 Å². The summed E-state index contributed by atoms with van der Waals surface area (Å²) in [5.41, 5.74) is 7.65. The molecule has 2 aromatic rings. The van der Waals surface area contributed by atoms with Gasteiger partial charge in [0.2, 0.25) is 0 Å². The SMILES string of the molecule is Cc1cnc(Cn2nc(N)cc2C)nc1. The number of aryl methyl sites for hydroxylation is 2. The van der Waals surface area contributed by atoms with Gasteiger partial charge in [-0.1, -0.05) is 0 Å². The Hall–Kier alpha value is -1.91. The molecule has 0 atom stereocenters. The second kappa shape index (κ2) is 3.68. The van der Waals surface area contributed by atoms with Crippen LogP contribution in [0.2, 0.25) is 0 Å². The Morgan fingerprint density at radius 3 is 2.47 bits per heavy atom. The van der Waals surface area contributed by atoms with Crippen LogP contribution in [0.15, 0.2) is 18.5 Å². The summed E-state index contributed by atoms with van der Waals surface area (Å²) in [6.45, 7) is 4.47. The van der Waals surface area contributed by atoms with Crippen LogP contribution in [0.4, 0.5) is 5.82 Å². The van der Waals surface area contributed by atoms with E-state index in [4.69, 9.17) is 5.73 Å². The highest BCUT2D eigenvalue weighted by Crippen LogP contribution is 2.05. The fraction of sp³-hybridized carbons (Fsp3) is 0.300. The zero-order valence-corrected chi connectivity index (χ0v) is 8.81. The molecule has 0 amide bonds. The zero-order valence-electron chi connectivity index (χ0n) is 8.81. The van der Waals surface area contributed by atoms with Crippen LogP contribution in [0.3, 0.4) is 0 Å². The van der Waals surface area contributed by atoms with Crippen molar-refractivity contribution in [3.63, 3.8) is 0 Å². The predicted molar refractivity (Wildman–Crippen MR) is 57.2 cm³/mol. The second-order valence-corrected chi connectivity index (χ2v) is 3.54. The van der Waals surface area contributed by atoms with Gasteiger partial charge in [-0.2, -0.15) is 5.10 Å². The maximum atomic E-state index is 5.58. The van der Waals surface area contributed by atoms with Crippen LogP contribution in [0.25, 0.3) is 0 Å². The number of nitrogens with zero attached hydrogens (tertiary/aromatic N) is 4. The molecule has 2 rings (SSSR count). The summed E-state index contributed by atoms with van der Waals surface area (Å²) in [7, 11) is 0. The lowest BCUT2D eigenvalue weighted by atomic mass is 10.4. The van der Waals surface area contributed by atoms with Crippen molar-refractivity contribution in [2.24, 2.45) is 0 Å². The van der Waals surface area contributed by atoms with Gasteiger partial charge in [-0.25, -0.2) is 9.97 Å². The van der Waals surface area contributed by atoms with E-state index in [-0.39, 0.29) is 0 Å². The van der Waals surface area contributed by atoms with Crippen molar-refractivity contribution in [2.45, 2.75) is 20.4 Å². The first-order chi connectivity index (χ1) is 7.15. The molecular formula is C10H13N5. The van der Waals surface area contributed by atoms with Gasteiger partial charge in [-0.3, -0.25) is 4.68 Å². The summed E-state index contributed by atoms with van der Waals surface area (Å²) in [5, 5.41) is 4.14. The molecule has 0 aliphatic carbocycles. The molecular weight excluding hydrogens is 190 g/mol. The summed E-state index contributed by atoms with van der Waals surface area (Å²) in [5.74, 6) is 1.27. The molecule has 0 saturated carbocycles. The van der Waals surface area contributed by atoms with E-state index < -0.39 is 0 Å². The predicted octanol–water partition coefficient (Wildman–Crippen LogP) is 0.920. The Balaban J connectivity index is 2.21. The van der Waals surface area contributed by atoms with E-state index in [2.05, 4.69) is 15.1 Å². The average molecular weight is 203 g/mol. The molecule has 2 heterocycles. The Kier molecular flexibility index (Phi) is 2.37. The smallest absolute Gasteiger partial charge is 0.149 e. The van der Waals surface area contributed by atoms with Gasteiger partial charge in [0.05, 0.1) is 0 Å². The molecule has 2 aromatic heterocycles. The second-order valence-electron chi connectivity index (χ2n) is 3.54.